The molecule has 2 N–H and O–H groups in total. The Hall–Kier alpha value is -0.320. The van der Waals surface area contributed by atoms with Crippen molar-refractivity contribution in [2.75, 3.05) is 0 Å². The zero-order valence-electron chi connectivity index (χ0n) is 14.9. The second kappa shape index (κ2) is 20.7. The van der Waals surface area contributed by atoms with Crippen molar-refractivity contribution in [3.63, 3.8) is 0 Å². The molecular formula is C19H36NNaO3. The SMILES string of the molecule is CCCCCCCC/C=C\CCCCCCCC(=O)OC(N)=O.[NaH]. The molecule has 136 valence electrons. The van der Waals surface area contributed by atoms with Crippen molar-refractivity contribution in [1.82, 2.24) is 0 Å². The van der Waals surface area contributed by atoms with Crippen LogP contribution in [0.1, 0.15) is 96.8 Å². The summed E-state index contributed by atoms with van der Waals surface area (Å²) in [5.41, 5.74) is 4.76. The van der Waals surface area contributed by atoms with E-state index in [1.807, 2.05) is 0 Å². The quantitative estimate of drug-likeness (QED) is 0.149. The number of carbonyl (C=O) groups excluding carboxylic acids is 2. The van der Waals surface area contributed by atoms with E-state index in [2.05, 4.69) is 23.8 Å². The summed E-state index contributed by atoms with van der Waals surface area (Å²) in [5, 5.41) is 0. The first-order valence-electron chi connectivity index (χ1n) is 9.32. The van der Waals surface area contributed by atoms with Crippen molar-refractivity contribution in [2.24, 2.45) is 5.73 Å². The van der Waals surface area contributed by atoms with E-state index in [0.717, 1.165) is 25.7 Å². The Bertz CT molecular complexity index is 333. The molecular weight excluding hydrogens is 313 g/mol. The summed E-state index contributed by atoms with van der Waals surface area (Å²) in [6.07, 6.45) is 19.7. The number of primary amides is 1. The molecule has 0 heterocycles. The van der Waals surface area contributed by atoms with Crippen molar-refractivity contribution >= 4 is 41.6 Å². The molecule has 5 heteroatoms. The summed E-state index contributed by atoms with van der Waals surface area (Å²) in [6, 6.07) is 0. The van der Waals surface area contributed by atoms with E-state index >= 15 is 0 Å². The normalized spacial score (nSPS) is 10.5. The van der Waals surface area contributed by atoms with Gasteiger partial charge in [-0.3, -0.25) is 4.79 Å². The summed E-state index contributed by atoms with van der Waals surface area (Å²) >= 11 is 0. The number of carbonyl (C=O) groups is 2. The second-order valence-corrected chi connectivity index (χ2v) is 6.13. The molecule has 0 saturated carbocycles. The number of esters is 1. The Morgan fingerprint density at radius 1 is 0.792 bits per heavy atom. The Balaban J connectivity index is 0. The first-order valence-corrected chi connectivity index (χ1v) is 9.32. The fourth-order valence-corrected chi connectivity index (χ4v) is 2.50. The van der Waals surface area contributed by atoms with Crippen molar-refractivity contribution in [3.05, 3.63) is 12.2 Å². The Labute approximate surface area is 170 Å². The van der Waals surface area contributed by atoms with Gasteiger partial charge in [0.2, 0.25) is 0 Å². The first-order chi connectivity index (χ1) is 11.2. The molecule has 4 nitrogen and oxygen atoms in total. The second-order valence-electron chi connectivity index (χ2n) is 6.13. The molecule has 0 unspecified atom stereocenters. The van der Waals surface area contributed by atoms with Gasteiger partial charge in [-0.25, -0.2) is 4.79 Å². The standard InChI is InChI=1S/C19H35NO3.Na.H/c1-2-3-4-5-6-7-8-9-10-11-12-13-14-15-16-17-18(21)23-19(20)22;;/h9-10H,2-8,11-17H2,1H3,(H2,20,22);;/b10-9-;;. The Morgan fingerprint density at radius 2 is 1.25 bits per heavy atom. The number of nitrogens with two attached hydrogens (primary N) is 1. The van der Waals surface area contributed by atoms with Gasteiger partial charge in [0.1, 0.15) is 0 Å². The van der Waals surface area contributed by atoms with Gasteiger partial charge in [-0.05, 0) is 32.1 Å². The average Bonchev–Trinajstić information content (AvgIpc) is 2.50. The molecule has 0 rings (SSSR count). The zero-order valence-corrected chi connectivity index (χ0v) is 14.9. The van der Waals surface area contributed by atoms with Gasteiger partial charge < -0.3 is 10.5 Å². The molecule has 0 aliphatic heterocycles. The molecule has 0 atom stereocenters. The van der Waals surface area contributed by atoms with Gasteiger partial charge in [0.25, 0.3) is 0 Å². The van der Waals surface area contributed by atoms with E-state index in [9.17, 15) is 9.59 Å². The van der Waals surface area contributed by atoms with Crippen molar-refractivity contribution in [2.45, 2.75) is 96.8 Å². The molecule has 1 amide bonds. The van der Waals surface area contributed by atoms with Gasteiger partial charge >= 0.3 is 41.6 Å². The molecule has 0 radical (unpaired) electrons. The predicted molar refractivity (Wildman–Crippen MR) is 102 cm³/mol. The molecule has 0 aliphatic rings. The molecule has 0 spiro atoms. The van der Waals surface area contributed by atoms with E-state index in [0.29, 0.717) is 0 Å². The minimum absolute atomic E-state index is 0. The number of rotatable bonds is 15. The fraction of sp³-hybridized carbons (Fsp3) is 0.789. The first kappa shape index (κ1) is 25.9. The van der Waals surface area contributed by atoms with Gasteiger partial charge in [-0.1, -0.05) is 70.4 Å². The molecule has 0 saturated heterocycles. The molecule has 0 aromatic rings. The Kier molecular flexibility index (Phi) is 22.4. The van der Waals surface area contributed by atoms with Crippen LogP contribution < -0.4 is 5.73 Å². The summed E-state index contributed by atoms with van der Waals surface area (Å²) in [7, 11) is 0. The molecule has 24 heavy (non-hydrogen) atoms. The van der Waals surface area contributed by atoms with E-state index in [1.165, 1.54) is 57.8 Å². The number of ether oxygens (including phenoxy) is 1. The fourth-order valence-electron chi connectivity index (χ4n) is 2.50. The van der Waals surface area contributed by atoms with E-state index < -0.39 is 12.1 Å². The number of amides is 1. The third-order valence-corrected chi connectivity index (χ3v) is 3.86. The van der Waals surface area contributed by atoms with Crippen LogP contribution in [0.4, 0.5) is 4.79 Å². The van der Waals surface area contributed by atoms with Crippen LogP contribution in [0.5, 0.6) is 0 Å². The number of allylic oxidation sites excluding steroid dienone is 2. The molecule has 0 aliphatic carbocycles. The van der Waals surface area contributed by atoms with Crippen LogP contribution in [0.25, 0.3) is 0 Å². The summed E-state index contributed by atoms with van der Waals surface area (Å²) in [6.45, 7) is 2.25. The molecule has 0 fully saturated rings. The van der Waals surface area contributed by atoms with Crippen LogP contribution in [0, 0.1) is 0 Å². The van der Waals surface area contributed by atoms with Gasteiger partial charge in [-0.2, -0.15) is 0 Å². The van der Waals surface area contributed by atoms with Crippen LogP contribution >= 0.6 is 0 Å². The van der Waals surface area contributed by atoms with Crippen LogP contribution in [0.3, 0.4) is 0 Å². The van der Waals surface area contributed by atoms with Crippen molar-refractivity contribution in [3.8, 4) is 0 Å². The third-order valence-electron chi connectivity index (χ3n) is 3.86. The van der Waals surface area contributed by atoms with Gasteiger partial charge in [0, 0.05) is 6.42 Å². The molecule has 0 aromatic heterocycles. The van der Waals surface area contributed by atoms with Gasteiger partial charge in [0.15, 0.2) is 0 Å². The number of hydrogen-bond acceptors (Lipinski definition) is 3. The third kappa shape index (κ3) is 21.7. The van der Waals surface area contributed by atoms with E-state index in [1.54, 1.807) is 0 Å². The van der Waals surface area contributed by atoms with Crippen LogP contribution in [0.15, 0.2) is 12.2 Å². The monoisotopic (exact) mass is 349 g/mol. The summed E-state index contributed by atoms with van der Waals surface area (Å²) in [4.78, 5) is 21.4. The van der Waals surface area contributed by atoms with E-state index in [-0.39, 0.29) is 36.0 Å². The van der Waals surface area contributed by atoms with Gasteiger partial charge in [0.05, 0.1) is 0 Å². The van der Waals surface area contributed by atoms with Gasteiger partial charge in [-0.15, -0.1) is 0 Å². The minimum atomic E-state index is -1.01. The van der Waals surface area contributed by atoms with Crippen molar-refractivity contribution in [1.29, 1.82) is 0 Å². The predicted octanol–water partition coefficient (Wildman–Crippen LogP) is 5.00. The zero-order chi connectivity index (χ0) is 17.2. The summed E-state index contributed by atoms with van der Waals surface area (Å²) < 4.78 is 4.26. The average molecular weight is 349 g/mol. The number of hydrogen-bond donors (Lipinski definition) is 1. The van der Waals surface area contributed by atoms with Crippen molar-refractivity contribution < 1.29 is 14.3 Å². The van der Waals surface area contributed by atoms with E-state index in [4.69, 9.17) is 5.73 Å². The van der Waals surface area contributed by atoms with Crippen LogP contribution in [-0.4, -0.2) is 41.6 Å². The maximum atomic E-state index is 11.1. The maximum absolute atomic E-state index is 11.1. The number of unbranched alkanes of at least 4 members (excludes halogenated alkanes) is 11. The Morgan fingerprint density at radius 3 is 1.75 bits per heavy atom. The van der Waals surface area contributed by atoms with Crippen LogP contribution in [-0.2, 0) is 9.53 Å². The topological polar surface area (TPSA) is 69.4 Å². The molecule has 0 bridgehead atoms. The summed E-state index contributed by atoms with van der Waals surface area (Å²) in [5.74, 6) is -0.518. The van der Waals surface area contributed by atoms with Crippen LogP contribution in [0.2, 0.25) is 0 Å². The molecule has 0 aromatic carbocycles.